The van der Waals surface area contributed by atoms with Crippen LogP contribution in [0.5, 0.6) is 0 Å². The Morgan fingerprint density at radius 1 is 1.38 bits per heavy atom. The van der Waals surface area contributed by atoms with E-state index in [0.717, 1.165) is 6.54 Å². The molecule has 16 heavy (non-hydrogen) atoms. The molecule has 5 heteroatoms. The number of carboxylic acid groups (broad SMARTS) is 1. The Labute approximate surface area is 96.8 Å². The van der Waals surface area contributed by atoms with Crippen LogP contribution < -0.4 is 5.32 Å². The van der Waals surface area contributed by atoms with Gasteiger partial charge in [-0.3, -0.25) is 14.5 Å². The number of nitrogens with one attached hydrogen (secondary N) is 1. The second-order valence-corrected chi connectivity index (χ2v) is 4.09. The van der Waals surface area contributed by atoms with Gasteiger partial charge in [-0.15, -0.1) is 0 Å². The molecule has 0 heterocycles. The Hall–Kier alpha value is -1.10. The minimum atomic E-state index is -0.789. The molecular formula is C11H22N2O3. The molecule has 2 N–H and O–H groups in total. The zero-order valence-corrected chi connectivity index (χ0v) is 10.3. The van der Waals surface area contributed by atoms with E-state index in [1.54, 1.807) is 0 Å². The number of carbonyl (C=O) groups is 2. The SMILES string of the molecule is CCN(CCCC(=O)O)CC(=O)NC(C)C. The van der Waals surface area contributed by atoms with Gasteiger partial charge in [-0.05, 0) is 33.4 Å². The van der Waals surface area contributed by atoms with Gasteiger partial charge < -0.3 is 10.4 Å². The smallest absolute Gasteiger partial charge is 0.303 e. The van der Waals surface area contributed by atoms with E-state index in [1.807, 2.05) is 25.7 Å². The molecule has 1 amide bonds. The highest BCUT2D eigenvalue weighted by Crippen LogP contribution is 1.95. The number of rotatable bonds is 8. The Bertz CT molecular complexity index is 229. The minimum Gasteiger partial charge on any atom is -0.481 e. The molecule has 0 saturated carbocycles. The highest BCUT2D eigenvalue weighted by atomic mass is 16.4. The molecule has 0 aromatic carbocycles. The quantitative estimate of drug-likeness (QED) is 0.644. The molecule has 5 nitrogen and oxygen atoms in total. The summed E-state index contributed by atoms with van der Waals surface area (Å²) in [7, 11) is 0. The van der Waals surface area contributed by atoms with Crippen LogP contribution in [0.1, 0.15) is 33.6 Å². The van der Waals surface area contributed by atoms with Gasteiger partial charge in [-0.1, -0.05) is 6.92 Å². The van der Waals surface area contributed by atoms with Gasteiger partial charge in [0.25, 0.3) is 0 Å². The maximum atomic E-state index is 11.5. The van der Waals surface area contributed by atoms with E-state index < -0.39 is 5.97 Å². The Kier molecular flexibility index (Phi) is 7.54. The van der Waals surface area contributed by atoms with Gasteiger partial charge in [0.05, 0.1) is 6.54 Å². The molecule has 0 unspecified atom stereocenters. The van der Waals surface area contributed by atoms with E-state index in [4.69, 9.17) is 5.11 Å². The molecule has 0 saturated heterocycles. The zero-order chi connectivity index (χ0) is 12.6. The lowest BCUT2D eigenvalue weighted by atomic mass is 10.3. The second-order valence-electron chi connectivity index (χ2n) is 4.09. The van der Waals surface area contributed by atoms with Crippen LogP contribution in [-0.4, -0.2) is 47.6 Å². The predicted molar refractivity (Wildman–Crippen MR) is 62.3 cm³/mol. The number of carboxylic acids is 1. The van der Waals surface area contributed by atoms with Crippen molar-refractivity contribution in [3.8, 4) is 0 Å². The fourth-order valence-corrected chi connectivity index (χ4v) is 1.37. The molecule has 0 aliphatic rings. The highest BCUT2D eigenvalue weighted by molar-refractivity contribution is 5.78. The van der Waals surface area contributed by atoms with Gasteiger partial charge in [-0.25, -0.2) is 0 Å². The van der Waals surface area contributed by atoms with E-state index in [2.05, 4.69) is 5.32 Å². The fourth-order valence-electron chi connectivity index (χ4n) is 1.37. The van der Waals surface area contributed by atoms with Crippen molar-refractivity contribution < 1.29 is 14.7 Å². The number of hydrogen-bond donors (Lipinski definition) is 2. The van der Waals surface area contributed by atoms with Crippen molar-refractivity contribution >= 4 is 11.9 Å². The minimum absolute atomic E-state index is 0.00725. The summed E-state index contributed by atoms with van der Waals surface area (Å²) in [5.74, 6) is -0.796. The van der Waals surface area contributed by atoms with Crippen molar-refractivity contribution in [1.29, 1.82) is 0 Å². The molecule has 0 bridgehead atoms. The summed E-state index contributed by atoms with van der Waals surface area (Å²) < 4.78 is 0. The van der Waals surface area contributed by atoms with E-state index >= 15 is 0 Å². The molecule has 0 atom stereocenters. The third-order valence-corrected chi connectivity index (χ3v) is 2.13. The maximum Gasteiger partial charge on any atom is 0.303 e. The first-order valence-electron chi connectivity index (χ1n) is 5.69. The predicted octanol–water partition coefficient (Wildman–Crippen LogP) is 0.698. The number of carbonyl (C=O) groups excluding carboxylic acids is 1. The third kappa shape index (κ3) is 8.23. The first-order valence-corrected chi connectivity index (χ1v) is 5.69. The van der Waals surface area contributed by atoms with Crippen molar-refractivity contribution in [2.75, 3.05) is 19.6 Å². The molecule has 0 rings (SSSR count). The van der Waals surface area contributed by atoms with E-state index in [0.29, 0.717) is 19.5 Å². The monoisotopic (exact) mass is 230 g/mol. The van der Waals surface area contributed by atoms with Gasteiger partial charge in [0.1, 0.15) is 0 Å². The van der Waals surface area contributed by atoms with Crippen LogP contribution in [0.25, 0.3) is 0 Å². The lowest BCUT2D eigenvalue weighted by Crippen LogP contribution is -2.40. The van der Waals surface area contributed by atoms with Gasteiger partial charge >= 0.3 is 5.97 Å². The van der Waals surface area contributed by atoms with Gasteiger partial charge in [-0.2, -0.15) is 0 Å². The fraction of sp³-hybridized carbons (Fsp3) is 0.818. The summed E-state index contributed by atoms with van der Waals surface area (Å²) in [6.45, 7) is 7.54. The average Bonchev–Trinajstić information content (AvgIpc) is 2.14. The van der Waals surface area contributed by atoms with Crippen molar-refractivity contribution in [2.24, 2.45) is 0 Å². The van der Waals surface area contributed by atoms with Crippen LogP contribution in [0, 0.1) is 0 Å². The molecule has 0 aliphatic carbocycles. The first-order chi connectivity index (χ1) is 7.45. The van der Waals surface area contributed by atoms with Crippen LogP contribution >= 0.6 is 0 Å². The van der Waals surface area contributed by atoms with Gasteiger partial charge in [0, 0.05) is 12.5 Å². The lowest BCUT2D eigenvalue weighted by molar-refractivity contribution is -0.137. The van der Waals surface area contributed by atoms with Crippen LogP contribution in [0.2, 0.25) is 0 Å². The summed E-state index contributed by atoms with van der Waals surface area (Å²) >= 11 is 0. The lowest BCUT2D eigenvalue weighted by Gasteiger charge is -2.20. The van der Waals surface area contributed by atoms with E-state index in [-0.39, 0.29) is 18.4 Å². The number of hydrogen-bond acceptors (Lipinski definition) is 3. The molecule has 0 aromatic heterocycles. The average molecular weight is 230 g/mol. The van der Waals surface area contributed by atoms with Crippen LogP contribution in [0.3, 0.4) is 0 Å². The van der Waals surface area contributed by atoms with Gasteiger partial charge in [0.15, 0.2) is 0 Å². The molecule has 0 spiro atoms. The molecule has 0 aliphatic heterocycles. The van der Waals surface area contributed by atoms with Crippen molar-refractivity contribution in [3.05, 3.63) is 0 Å². The topological polar surface area (TPSA) is 69.6 Å². The van der Waals surface area contributed by atoms with E-state index in [1.165, 1.54) is 0 Å². The maximum absolute atomic E-state index is 11.5. The normalized spacial score (nSPS) is 10.8. The Morgan fingerprint density at radius 3 is 2.44 bits per heavy atom. The molecule has 0 radical (unpaired) electrons. The molecule has 94 valence electrons. The summed E-state index contributed by atoms with van der Waals surface area (Å²) in [4.78, 5) is 23.7. The molecule has 0 fully saturated rings. The number of aliphatic carboxylic acids is 1. The van der Waals surface area contributed by atoms with E-state index in [9.17, 15) is 9.59 Å². The van der Waals surface area contributed by atoms with Crippen LogP contribution in [0.4, 0.5) is 0 Å². The first kappa shape index (κ1) is 14.9. The highest BCUT2D eigenvalue weighted by Gasteiger charge is 2.10. The molecular weight excluding hydrogens is 208 g/mol. The summed E-state index contributed by atoms with van der Waals surface area (Å²) in [6, 6.07) is 0.144. The summed E-state index contributed by atoms with van der Waals surface area (Å²) in [5.41, 5.74) is 0. The van der Waals surface area contributed by atoms with Crippen LogP contribution in [-0.2, 0) is 9.59 Å². The Morgan fingerprint density at radius 2 is 2.00 bits per heavy atom. The largest absolute Gasteiger partial charge is 0.481 e. The standard InChI is InChI=1S/C11H22N2O3/c1-4-13(7-5-6-11(15)16)8-10(14)12-9(2)3/h9H,4-8H2,1-3H3,(H,12,14)(H,15,16). The third-order valence-electron chi connectivity index (χ3n) is 2.13. The summed E-state index contributed by atoms with van der Waals surface area (Å²) in [6.07, 6.45) is 0.737. The Balaban J connectivity index is 3.81. The number of nitrogens with zero attached hydrogens (tertiary/aromatic N) is 1. The summed E-state index contributed by atoms with van der Waals surface area (Å²) in [5, 5.41) is 11.3. The molecule has 0 aromatic rings. The van der Waals surface area contributed by atoms with Crippen molar-refractivity contribution in [1.82, 2.24) is 10.2 Å². The number of likely N-dealkylation sites (N-methyl/N-ethyl adjacent to an activating group) is 1. The van der Waals surface area contributed by atoms with Crippen molar-refractivity contribution in [3.63, 3.8) is 0 Å². The number of amides is 1. The van der Waals surface area contributed by atoms with Crippen LogP contribution in [0.15, 0.2) is 0 Å². The van der Waals surface area contributed by atoms with Crippen molar-refractivity contribution in [2.45, 2.75) is 39.7 Å². The van der Waals surface area contributed by atoms with Gasteiger partial charge in [0.2, 0.25) is 5.91 Å². The zero-order valence-electron chi connectivity index (χ0n) is 10.3. The second kappa shape index (κ2) is 8.10.